The molecule has 7 heteroatoms. The Morgan fingerprint density at radius 2 is 2.05 bits per heavy atom. The minimum Gasteiger partial charge on any atom is -0.427 e. The van der Waals surface area contributed by atoms with Crippen molar-refractivity contribution in [2.24, 2.45) is 5.29 Å². The monoisotopic (exact) mass is 334 g/mol. The van der Waals surface area contributed by atoms with Gasteiger partial charge in [-0.15, -0.1) is 4.91 Å². The van der Waals surface area contributed by atoms with Gasteiger partial charge in [-0.3, -0.25) is 0 Å². The summed E-state index contributed by atoms with van der Waals surface area (Å²) >= 11 is 11.9. The molecule has 0 N–H and O–H groups in total. The smallest absolute Gasteiger partial charge is 0.324 e. The highest BCUT2D eigenvalue weighted by Crippen LogP contribution is 2.25. The van der Waals surface area contributed by atoms with E-state index >= 15 is 0 Å². The van der Waals surface area contributed by atoms with Gasteiger partial charge in [-0.2, -0.15) is 0 Å². The molecule has 1 heterocycles. The van der Waals surface area contributed by atoms with Crippen LogP contribution in [-0.4, -0.2) is 6.92 Å². The normalized spacial score (nSPS) is 13.1. The molecule has 112 valence electrons. The topological polar surface area (TPSA) is 41.9 Å². The highest BCUT2D eigenvalue weighted by molar-refractivity contribution is 6.67. The molecule has 0 unspecified atom stereocenters. The number of nitrogens with zero attached hydrogens (tertiary/aromatic N) is 2. The van der Waals surface area contributed by atoms with Crippen molar-refractivity contribution in [3.05, 3.63) is 62.5 Å². The Balaban J connectivity index is 1.86. The second kappa shape index (κ2) is 6.28. The molecule has 2 aromatic rings. The van der Waals surface area contributed by atoms with Crippen LogP contribution < -0.4 is 10.5 Å². The van der Waals surface area contributed by atoms with Crippen LogP contribution in [0.1, 0.15) is 11.1 Å². The van der Waals surface area contributed by atoms with Crippen LogP contribution in [0.25, 0.3) is 0 Å². The molecule has 3 rings (SSSR count). The zero-order valence-corrected chi connectivity index (χ0v) is 13.4. The molecule has 2 aromatic carbocycles. The molecule has 0 saturated carbocycles. The second-order valence-electron chi connectivity index (χ2n) is 5.22. The number of nitroso groups, excluding NO2 is 1. The lowest BCUT2D eigenvalue weighted by Gasteiger charge is -2.17. The van der Waals surface area contributed by atoms with E-state index in [-0.39, 0.29) is 6.92 Å². The summed E-state index contributed by atoms with van der Waals surface area (Å²) in [7, 11) is 0. The first kappa shape index (κ1) is 15.3. The quantitative estimate of drug-likeness (QED) is 0.481. The van der Waals surface area contributed by atoms with Crippen molar-refractivity contribution in [2.45, 2.75) is 20.0 Å². The number of benzene rings is 2. The van der Waals surface area contributed by atoms with Crippen LogP contribution in [0.15, 0.2) is 41.7 Å². The molecule has 0 aliphatic carbocycles. The Bertz CT molecular complexity index is 727. The maximum Gasteiger partial charge on any atom is 0.324 e. The SMILES string of the molecule is CB1OCc2ccc(N(Cc3ccc(Cl)c(Cl)c3)N=O)cc21. The number of halogens is 2. The van der Waals surface area contributed by atoms with Crippen LogP contribution in [0, 0.1) is 4.91 Å². The van der Waals surface area contributed by atoms with E-state index in [9.17, 15) is 4.91 Å². The Kier molecular flexibility index (Phi) is 4.38. The number of fused-ring (bicyclic) bond motifs is 1. The Hall–Kier alpha value is -1.56. The first-order valence-electron chi connectivity index (χ1n) is 6.87. The molecular formula is C15H13BCl2N2O2. The summed E-state index contributed by atoms with van der Waals surface area (Å²) in [6, 6.07) is 11.1. The summed E-state index contributed by atoms with van der Waals surface area (Å²) in [5.41, 5.74) is 3.84. The van der Waals surface area contributed by atoms with E-state index in [0.29, 0.717) is 23.2 Å². The number of anilines is 1. The minimum absolute atomic E-state index is 0.0356. The number of hydrogen-bond donors (Lipinski definition) is 0. The average Bonchev–Trinajstić information content (AvgIpc) is 2.89. The van der Waals surface area contributed by atoms with Gasteiger partial charge in [-0.05, 0) is 40.9 Å². The van der Waals surface area contributed by atoms with Gasteiger partial charge in [0, 0.05) is 0 Å². The lowest BCUT2D eigenvalue weighted by molar-refractivity contribution is 0.333. The fourth-order valence-electron chi connectivity index (χ4n) is 2.54. The van der Waals surface area contributed by atoms with Crippen molar-refractivity contribution in [2.75, 3.05) is 5.01 Å². The molecule has 0 atom stereocenters. The minimum atomic E-state index is 0.0356. The van der Waals surface area contributed by atoms with E-state index in [2.05, 4.69) is 5.29 Å². The molecule has 4 nitrogen and oxygen atoms in total. The van der Waals surface area contributed by atoms with E-state index in [1.54, 1.807) is 12.1 Å². The first-order valence-corrected chi connectivity index (χ1v) is 7.63. The molecule has 0 aromatic heterocycles. The van der Waals surface area contributed by atoms with Gasteiger partial charge in [0.15, 0.2) is 0 Å². The maximum absolute atomic E-state index is 11.2. The fraction of sp³-hybridized carbons (Fsp3) is 0.200. The third-order valence-corrected chi connectivity index (χ3v) is 4.51. The Morgan fingerprint density at radius 1 is 1.23 bits per heavy atom. The second-order valence-corrected chi connectivity index (χ2v) is 6.04. The molecule has 1 aliphatic heterocycles. The number of rotatable bonds is 4. The molecule has 0 spiro atoms. The lowest BCUT2D eigenvalue weighted by Crippen LogP contribution is -2.26. The molecule has 1 aliphatic rings. The lowest BCUT2D eigenvalue weighted by atomic mass is 9.64. The summed E-state index contributed by atoms with van der Waals surface area (Å²) < 4.78 is 5.58. The molecular weight excluding hydrogens is 322 g/mol. The van der Waals surface area contributed by atoms with Crippen LogP contribution in [-0.2, 0) is 17.8 Å². The van der Waals surface area contributed by atoms with Crippen LogP contribution in [0.3, 0.4) is 0 Å². The molecule has 0 bridgehead atoms. The largest absolute Gasteiger partial charge is 0.427 e. The first-order chi connectivity index (χ1) is 10.6. The van der Waals surface area contributed by atoms with Gasteiger partial charge >= 0.3 is 6.92 Å². The van der Waals surface area contributed by atoms with Gasteiger partial charge in [0.25, 0.3) is 0 Å². The third kappa shape index (κ3) is 2.97. The standard InChI is InChI=1S/C15H13BCl2N2O2/c1-16-13-7-12(4-3-11(13)9-22-16)20(19-21)8-10-2-5-14(17)15(18)6-10/h2-7H,8-9H2,1H3. The summed E-state index contributed by atoms with van der Waals surface area (Å²) in [5, 5.41) is 5.46. The van der Waals surface area contributed by atoms with Crippen molar-refractivity contribution >= 4 is 41.3 Å². The molecule has 22 heavy (non-hydrogen) atoms. The van der Waals surface area contributed by atoms with Gasteiger partial charge in [-0.25, -0.2) is 5.01 Å². The highest BCUT2D eigenvalue weighted by atomic mass is 35.5. The molecule has 0 fully saturated rings. The van der Waals surface area contributed by atoms with Gasteiger partial charge in [0.05, 0.1) is 34.2 Å². The van der Waals surface area contributed by atoms with Crippen LogP contribution in [0.5, 0.6) is 0 Å². The van der Waals surface area contributed by atoms with E-state index in [4.69, 9.17) is 27.9 Å². The van der Waals surface area contributed by atoms with E-state index in [0.717, 1.165) is 22.3 Å². The molecule has 0 amide bonds. The van der Waals surface area contributed by atoms with Gasteiger partial charge in [0.2, 0.25) is 0 Å². The highest BCUT2D eigenvalue weighted by Gasteiger charge is 2.24. The van der Waals surface area contributed by atoms with E-state index < -0.39 is 0 Å². The van der Waals surface area contributed by atoms with Gasteiger partial charge in [0.1, 0.15) is 0 Å². The molecule has 0 radical (unpaired) electrons. The number of hydrogen-bond acceptors (Lipinski definition) is 3. The maximum atomic E-state index is 11.2. The van der Waals surface area contributed by atoms with Crippen molar-refractivity contribution in [3.8, 4) is 0 Å². The summed E-state index contributed by atoms with van der Waals surface area (Å²) in [5.74, 6) is 0. The van der Waals surface area contributed by atoms with Crippen molar-refractivity contribution in [1.29, 1.82) is 0 Å². The zero-order valence-electron chi connectivity index (χ0n) is 11.9. The van der Waals surface area contributed by atoms with Crippen molar-refractivity contribution in [3.63, 3.8) is 0 Å². The average molecular weight is 335 g/mol. The molecule has 0 saturated heterocycles. The van der Waals surface area contributed by atoms with Crippen LogP contribution in [0.2, 0.25) is 16.9 Å². The summed E-state index contributed by atoms with van der Waals surface area (Å²) in [4.78, 5) is 11.2. The van der Waals surface area contributed by atoms with E-state index in [1.807, 2.05) is 31.1 Å². The fourth-order valence-corrected chi connectivity index (χ4v) is 2.86. The van der Waals surface area contributed by atoms with Crippen LogP contribution in [0.4, 0.5) is 5.69 Å². The van der Waals surface area contributed by atoms with Crippen LogP contribution >= 0.6 is 23.2 Å². The van der Waals surface area contributed by atoms with Crippen molar-refractivity contribution in [1.82, 2.24) is 0 Å². The Morgan fingerprint density at radius 3 is 2.77 bits per heavy atom. The van der Waals surface area contributed by atoms with Gasteiger partial charge in [-0.1, -0.05) is 42.2 Å². The predicted octanol–water partition coefficient (Wildman–Crippen LogP) is 4.04. The predicted molar refractivity (Wildman–Crippen MR) is 90.9 cm³/mol. The van der Waals surface area contributed by atoms with Gasteiger partial charge < -0.3 is 4.65 Å². The summed E-state index contributed by atoms with van der Waals surface area (Å²) in [6.45, 7) is 2.97. The van der Waals surface area contributed by atoms with E-state index in [1.165, 1.54) is 5.01 Å². The Labute approximate surface area is 139 Å². The summed E-state index contributed by atoms with van der Waals surface area (Å²) in [6.07, 6.45) is 0. The third-order valence-electron chi connectivity index (χ3n) is 3.77. The zero-order chi connectivity index (χ0) is 15.7. The van der Waals surface area contributed by atoms with Crippen molar-refractivity contribution < 1.29 is 4.65 Å².